The van der Waals surface area contributed by atoms with Crippen LogP contribution in [0.5, 0.6) is 0 Å². The molecular weight excluding hydrogens is 260 g/mol. The summed E-state index contributed by atoms with van der Waals surface area (Å²) in [6, 6.07) is 7.56. The molecular formula is C14H16N2O2S. The number of anilines is 1. The first kappa shape index (κ1) is 13.7. The highest BCUT2D eigenvalue weighted by atomic mass is 32.1. The fourth-order valence-corrected chi connectivity index (χ4v) is 2.85. The molecule has 0 bridgehead atoms. The second-order valence-corrected chi connectivity index (χ2v) is 5.25. The minimum Gasteiger partial charge on any atom is -0.390 e. The number of aromatic nitrogens is 1. The SMILES string of the molecule is CCc1sc(-c2cccc(NC(C)=O)c2)nc1CO. The number of rotatable bonds is 4. The number of carbonyl (C=O) groups is 1. The molecule has 0 aliphatic carbocycles. The highest BCUT2D eigenvalue weighted by Gasteiger charge is 2.11. The lowest BCUT2D eigenvalue weighted by atomic mass is 10.2. The molecule has 0 saturated heterocycles. The fraction of sp³-hybridized carbons (Fsp3) is 0.286. The van der Waals surface area contributed by atoms with Gasteiger partial charge in [0.25, 0.3) is 0 Å². The van der Waals surface area contributed by atoms with Crippen molar-refractivity contribution in [3.8, 4) is 10.6 Å². The third-order valence-corrected chi connectivity index (χ3v) is 3.97. The van der Waals surface area contributed by atoms with E-state index in [4.69, 9.17) is 0 Å². The van der Waals surface area contributed by atoms with Crippen LogP contribution in [-0.2, 0) is 17.8 Å². The van der Waals surface area contributed by atoms with Crippen LogP contribution in [0.15, 0.2) is 24.3 Å². The minimum atomic E-state index is -0.0958. The van der Waals surface area contributed by atoms with Crippen molar-refractivity contribution in [2.24, 2.45) is 0 Å². The molecule has 4 nitrogen and oxygen atoms in total. The zero-order valence-electron chi connectivity index (χ0n) is 10.9. The van der Waals surface area contributed by atoms with Crippen LogP contribution in [0.1, 0.15) is 24.4 Å². The van der Waals surface area contributed by atoms with Gasteiger partial charge in [0.1, 0.15) is 5.01 Å². The van der Waals surface area contributed by atoms with Gasteiger partial charge in [0.2, 0.25) is 5.91 Å². The quantitative estimate of drug-likeness (QED) is 0.902. The van der Waals surface area contributed by atoms with E-state index < -0.39 is 0 Å². The average molecular weight is 276 g/mol. The molecule has 2 rings (SSSR count). The van der Waals surface area contributed by atoms with E-state index in [2.05, 4.69) is 10.3 Å². The van der Waals surface area contributed by atoms with E-state index in [1.165, 1.54) is 6.92 Å². The summed E-state index contributed by atoms with van der Waals surface area (Å²) in [5.41, 5.74) is 2.45. The number of hydrogen-bond acceptors (Lipinski definition) is 4. The van der Waals surface area contributed by atoms with Crippen LogP contribution in [0.2, 0.25) is 0 Å². The molecule has 0 spiro atoms. The number of amides is 1. The lowest BCUT2D eigenvalue weighted by Gasteiger charge is -2.03. The van der Waals surface area contributed by atoms with Gasteiger partial charge in [-0.2, -0.15) is 0 Å². The molecule has 0 unspecified atom stereocenters. The van der Waals surface area contributed by atoms with Crippen molar-refractivity contribution in [2.75, 3.05) is 5.32 Å². The Bertz CT molecular complexity index is 571. The maximum absolute atomic E-state index is 11.1. The van der Waals surface area contributed by atoms with Crippen molar-refractivity contribution in [1.82, 2.24) is 4.98 Å². The predicted molar refractivity (Wildman–Crippen MR) is 77.2 cm³/mol. The average Bonchev–Trinajstić information content (AvgIpc) is 2.81. The van der Waals surface area contributed by atoms with Crippen LogP contribution >= 0.6 is 11.3 Å². The van der Waals surface area contributed by atoms with Crippen LogP contribution in [0.3, 0.4) is 0 Å². The van der Waals surface area contributed by atoms with Gasteiger partial charge in [0.05, 0.1) is 12.3 Å². The number of aliphatic hydroxyl groups is 1. The third kappa shape index (κ3) is 3.19. The van der Waals surface area contributed by atoms with E-state index in [9.17, 15) is 9.90 Å². The number of hydrogen-bond donors (Lipinski definition) is 2. The topological polar surface area (TPSA) is 62.2 Å². The molecule has 1 amide bonds. The summed E-state index contributed by atoms with van der Waals surface area (Å²) in [5, 5.41) is 12.9. The van der Waals surface area contributed by atoms with E-state index >= 15 is 0 Å². The number of thiazole rings is 1. The van der Waals surface area contributed by atoms with Crippen molar-refractivity contribution >= 4 is 22.9 Å². The largest absolute Gasteiger partial charge is 0.390 e. The highest BCUT2D eigenvalue weighted by Crippen LogP contribution is 2.30. The molecule has 0 aliphatic heterocycles. The van der Waals surface area contributed by atoms with Gasteiger partial charge < -0.3 is 10.4 Å². The van der Waals surface area contributed by atoms with Crippen molar-refractivity contribution in [2.45, 2.75) is 26.9 Å². The molecule has 2 aromatic rings. The van der Waals surface area contributed by atoms with Crippen LogP contribution in [0.25, 0.3) is 10.6 Å². The van der Waals surface area contributed by atoms with Gasteiger partial charge in [-0.3, -0.25) is 4.79 Å². The maximum Gasteiger partial charge on any atom is 0.221 e. The molecule has 1 heterocycles. The third-order valence-electron chi connectivity index (χ3n) is 2.68. The van der Waals surface area contributed by atoms with Crippen LogP contribution in [0.4, 0.5) is 5.69 Å². The molecule has 0 fully saturated rings. The number of nitrogens with one attached hydrogen (secondary N) is 1. The molecule has 19 heavy (non-hydrogen) atoms. The predicted octanol–water partition coefficient (Wildman–Crippen LogP) is 2.82. The molecule has 0 radical (unpaired) electrons. The zero-order chi connectivity index (χ0) is 13.8. The Morgan fingerprint density at radius 1 is 1.47 bits per heavy atom. The molecule has 0 aliphatic rings. The minimum absolute atomic E-state index is 0.0366. The number of benzene rings is 1. The maximum atomic E-state index is 11.1. The lowest BCUT2D eigenvalue weighted by Crippen LogP contribution is -2.05. The monoisotopic (exact) mass is 276 g/mol. The van der Waals surface area contributed by atoms with E-state index in [1.54, 1.807) is 11.3 Å². The Morgan fingerprint density at radius 3 is 2.84 bits per heavy atom. The van der Waals surface area contributed by atoms with Gasteiger partial charge in [-0.15, -0.1) is 11.3 Å². The number of carbonyl (C=O) groups excluding carboxylic acids is 1. The summed E-state index contributed by atoms with van der Waals surface area (Å²) in [4.78, 5) is 16.6. The van der Waals surface area contributed by atoms with Crippen LogP contribution in [0, 0.1) is 0 Å². The van der Waals surface area contributed by atoms with E-state index in [1.807, 2.05) is 31.2 Å². The summed E-state index contributed by atoms with van der Waals surface area (Å²) in [7, 11) is 0. The molecule has 1 aromatic carbocycles. The summed E-state index contributed by atoms with van der Waals surface area (Å²) >= 11 is 1.58. The zero-order valence-corrected chi connectivity index (χ0v) is 11.8. The summed E-state index contributed by atoms with van der Waals surface area (Å²) < 4.78 is 0. The van der Waals surface area contributed by atoms with Gasteiger partial charge in [-0.05, 0) is 18.6 Å². The van der Waals surface area contributed by atoms with E-state index in [0.717, 1.165) is 33.3 Å². The summed E-state index contributed by atoms with van der Waals surface area (Å²) in [6.45, 7) is 3.49. The van der Waals surface area contributed by atoms with Crippen LogP contribution in [-0.4, -0.2) is 16.0 Å². The van der Waals surface area contributed by atoms with Crippen LogP contribution < -0.4 is 5.32 Å². The lowest BCUT2D eigenvalue weighted by molar-refractivity contribution is -0.114. The Hall–Kier alpha value is -1.72. The van der Waals surface area contributed by atoms with Crippen molar-refractivity contribution in [3.05, 3.63) is 34.8 Å². The first-order chi connectivity index (χ1) is 9.13. The Morgan fingerprint density at radius 2 is 2.26 bits per heavy atom. The first-order valence-electron chi connectivity index (χ1n) is 6.11. The molecule has 0 saturated carbocycles. The standard InChI is InChI=1S/C14H16N2O2S/c1-3-13-12(8-17)16-14(19-13)10-5-4-6-11(7-10)15-9(2)18/h4-7,17H,3,8H2,1-2H3,(H,15,18). The fourth-order valence-electron chi connectivity index (χ4n) is 1.84. The van der Waals surface area contributed by atoms with Crippen molar-refractivity contribution < 1.29 is 9.90 Å². The molecule has 2 N–H and O–H groups in total. The molecule has 1 aromatic heterocycles. The summed E-state index contributed by atoms with van der Waals surface area (Å²) in [6.07, 6.45) is 0.860. The van der Waals surface area contributed by atoms with E-state index in [0.29, 0.717) is 0 Å². The van der Waals surface area contributed by atoms with Crippen molar-refractivity contribution in [1.29, 1.82) is 0 Å². The number of aryl methyl sites for hydroxylation is 1. The number of nitrogens with zero attached hydrogens (tertiary/aromatic N) is 1. The van der Waals surface area contributed by atoms with Gasteiger partial charge in [0.15, 0.2) is 0 Å². The van der Waals surface area contributed by atoms with Gasteiger partial charge in [-0.25, -0.2) is 4.98 Å². The molecule has 0 atom stereocenters. The first-order valence-corrected chi connectivity index (χ1v) is 6.93. The highest BCUT2D eigenvalue weighted by molar-refractivity contribution is 7.15. The molecule has 100 valence electrons. The smallest absolute Gasteiger partial charge is 0.221 e. The Labute approximate surface area is 116 Å². The van der Waals surface area contributed by atoms with Gasteiger partial charge in [-0.1, -0.05) is 19.1 Å². The second kappa shape index (κ2) is 5.95. The Balaban J connectivity index is 2.35. The molecule has 5 heteroatoms. The van der Waals surface area contributed by atoms with E-state index in [-0.39, 0.29) is 12.5 Å². The van der Waals surface area contributed by atoms with Gasteiger partial charge >= 0.3 is 0 Å². The van der Waals surface area contributed by atoms with Crippen molar-refractivity contribution in [3.63, 3.8) is 0 Å². The van der Waals surface area contributed by atoms with Gasteiger partial charge in [0, 0.05) is 23.1 Å². The second-order valence-electron chi connectivity index (χ2n) is 4.16. The summed E-state index contributed by atoms with van der Waals surface area (Å²) in [5.74, 6) is -0.0958. The normalized spacial score (nSPS) is 10.5. The number of aliphatic hydroxyl groups excluding tert-OH is 1. The Kier molecular flexibility index (Phi) is 4.29.